The van der Waals surface area contributed by atoms with E-state index in [1.165, 1.54) is 5.69 Å². The number of halogens is 2. The normalized spacial score (nSPS) is 12.7. The van der Waals surface area contributed by atoms with Crippen molar-refractivity contribution in [3.63, 3.8) is 0 Å². The molecule has 1 rings (SSSR count). The van der Waals surface area contributed by atoms with E-state index in [0.717, 1.165) is 8.95 Å². The zero-order valence-electron chi connectivity index (χ0n) is 11.4. The van der Waals surface area contributed by atoms with Gasteiger partial charge in [-0.3, -0.25) is 0 Å². The maximum atomic E-state index is 3.61. The first-order valence-corrected chi connectivity index (χ1v) is 14.3. The van der Waals surface area contributed by atoms with Gasteiger partial charge in [-0.1, -0.05) is 39.3 Å². The van der Waals surface area contributed by atoms with Crippen LogP contribution in [0.25, 0.3) is 0 Å². The Kier molecular flexibility index (Phi) is 4.72. The summed E-state index contributed by atoms with van der Waals surface area (Å²) in [5.74, 6) is 0. The average molecular weight is 395 g/mol. The fourth-order valence-electron chi connectivity index (χ4n) is 2.40. The third kappa shape index (κ3) is 3.94. The molecule has 0 unspecified atom stereocenters. The molecule has 96 valence electrons. The molecule has 0 aliphatic rings. The van der Waals surface area contributed by atoms with Crippen LogP contribution in [0, 0.1) is 0 Å². The summed E-state index contributed by atoms with van der Waals surface area (Å²) < 4.78 is 4.97. The third-order valence-corrected chi connectivity index (χ3v) is 11.6. The molecule has 0 N–H and O–H groups in total. The fraction of sp³-hybridized carbons (Fsp3) is 0.500. The number of benzene rings is 1. The molecule has 0 radical (unpaired) electrons. The van der Waals surface area contributed by atoms with Gasteiger partial charge in [-0.25, -0.2) is 0 Å². The number of rotatable bonds is 3. The largest absolute Gasteiger partial charge is 0.425 e. The second-order valence-corrected chi connectivity index (χ2v) is 18.0. The Morgan fingerprint density at radius 3 is 1.65 bits per heavy atom. The number of anilines is 1. The van der Waals surface area contributed by atoms with Crippen LogP contribution in [-0.2, 0) is 0 Å². The van der Waals surface area contributed by atoms with Crippen molar-refractivity contribution in [3.8, 4) is 0 Å². The van der Waals surface area contributed by atoms with Crippen LogP contribution in [0.1, 0.15) is 0 Å². The van der Waals surface area contributed by atoms with E-state index in [2.05, 4.69) is 93.6 Å². The van der Waals surface area contributed by atoms with E-state index >= 15 is 0 Å². The molecule has 5 heteroatoms. The quantitative estimate of drug-likeness (QED) is 0.595. The highest BCUT2D eigenvalue weighted by atomic mass is 79.9. The highest BCUT2D eigenvalue weighted by Gasteiger charge is 2.34. The predicted octanol–water partition coefficient (Wildman–Crippen LogP) is 5.69. The second kappa shape index (κ2) is 5.19. The minimum atomic E-state index is -1.34. The van der Waals surface area contributed by atoms with Gasteiger partial charge in [0.2, 0.25) is 0 Å². The molecule has 0 heterocycles. The summed E-state index contributed by atoms with van der Waals surface area (Å²) in [5.41, 5.74) is 1.36. The van der Waals surface area contributed by atoms with Gasteiger partial charge in [-0.15, -0.1) is 0 Å². The second-order valence-electron chi connectivity index (χ2n) is 6.28. The van der Waals surface area contributed by atoms with Crippen molar-refractivity contribution < 1.29 is 0 Å². The molecule has 0 spiro atoms. The summed E-state index contributed by atoms with van der Waals surface area (Å²) >= 11 is 7.14. The number of nitrogens with zero attached hydrogens (tertiary/aromatic N) is 1. The molecule has 0 aliphatic carbocycles. The van der Waals surface area contributed by atoms with Crippen molar-refractivity contribution in [2.45, 2.75) is 39.3 Å². The van der Waals surface area contributed by atoms with Crippen molar-refractivity contribution in [2.24, 2.45) is 0 Å². The highest BCUT2D eigenvalue weighted by Crippen LogP contribution is 2.33. The Morgan fingerprint density at radius 2 is 1.29 bits per heavy atom. The lowest BCUT2D eigenvalue weighted by Crippen LogP contribution is -2.59. The lowest BCUT2D eigenvalue weighted by atomic mass is 10.3. The molecule has 0 aliphatic heterocycles. The Labute approximate surface area is 124 Å². The van der Waals surface area contributed by atoms with Gasteiger partial charge < -0.3 is 4.23 Å². The number of hydrogen-bond acceptors (Lipinski definition) is 1. The molecule has 0 aromatic heterocycles. The monoisotopic (exact) mass is 393 g/mol. The van der Waals surface area contributed by atoms with E-state index in [1.807, 2.05) is 0 Å². The van der Waals surface area contributed by atoms with Gasteiger partial charge in [0.25, 0.3) is 0 Å². The molecule has 0 saturated heterocycles. The maximum absolute atomic E-state index is 3.61. The third-order valence-electron chi connectivity index (χ3n) is 2.50. The topological polar surface area (TPSA) is 3.24 Å². The van der Waals surface area contributed by atoms with Crippen LogP contribution in [0.2, 0.25) is 39.3 Å². The van der Waals surface area contributed by atoms with Gasteiger partial charge in [0, 0.05) is 14.6 Å². The van der Waals surface area contributed by atoms with Crippen molar-refractivity contribution >= 4 is 54.0 Å². The summed E-state index contributed by atoms with van der Waals surface area (Å²) in [6.45, 7) is 14.5. The Morgan fingerprint density at radius 1 is 0.824 bits per heavy atom. The molecule has 0 atom stereocenters. The fourth-order valence-corrected chi connectivity index (χ4v) is 12.9. The van der Waals surface area contributed by atoms with Crippen molar-refractivity contribution in [1.29, 1.82) is 0 Å². The van der Waals surface area contributed by atoms with Gasteiger partial charge in [0.15, 0.2) is 0 Å². The van der Waals surface area contributed by atoms with E-state index in [4.69, 9.17) is 0 Å². The van der Waals surface area contributed by atoms with Crippen molar-refractivity contribution in [3.05, 3.63) is 27.1 Å². The predicted molar refractivity (Wildman–Crippen MR) is 91.0 cm³/mol. The molecule has 0 bridgehead atoms. The molecule has 0 fully saturated rings. The maximum Gasteiger partial charge on any atom is 0.138 e. The van der Waals surface area contributed by atoms with Crippen LogP contribution in [0.4, 0.5) is 5.69 Å². The first-order chi connectivity index (χ1) is 7.53. The molecule has 1 nitrogen and oxygen atoms in total. The van der Waals surface area contributed by atoms with Gasteiger partial charge >= 0.3 is 0 Å². The summed E-state index contributed by atoms with van der Waals surface area (Å²) in [7, 11) is -2.69. The van der Waals surface area contributed by atoms with Gasteiger partial charge in [-0.05, 0) is 50.1 Å². The highest BCUT2D eigenvalue weighted by molar-refractivity contribution is 9.13. The lowest BCUT2D eigenvalue weighted by Gasteiger charge is -2.46. The minimum Gasteiger partial charge on any atom is -0.425 e. The number of hydrogen-bond donors (Lipinski definition) is 0. The molecule has 17 heavy (non-hydrogen) atoms. The van der Waals surface area contributed by atoms with Crippen LogP contribution < -0.4 is 4.23 Å². The summed E-state index contributed by atoms with van der Waals surface area (Å²) in [6.07, 6.45) is 0. The molecule has 0 saturated carbocycles. The van der Waals surface area contributed by atoms with Crippen molar-refractivity contribution in [1.82, 2.24) is 0 Å². The SMILES string of the molecule is C[Si](C)(C)N(c1ccc(Br)c(Br)c1)[Si](C)(C)C. The van der Waals surface area contributed by atoms with Crippen LogP contribution in [-0.4, -0.2) is 16.5 Å². The van der Waals surface area contributed by atoms with E-state index in [1.54, 1.807) is 0 Å². The minimum absolute atomic E-state index is 1.12. The Bertz CT molecular complexity index is 394. The first-order valence-electron chi connectivity index (χ1n) is 5.79. The Balaban J connectivity index is 3.29. The van der Waals surface area contributed by atoms with Gasteiger partial charge in [-0.2, -0.15) is 0 Å². The molecular formula is C12H21Br2NSi2. The average Bonchev–Trinajstić information content (AvgIpc) is 2.06. The summed E-state index contributed by atoms with van der Waals surface area (Å²) in [6, 6.07) is 6.60. The van der Waals surface area contributed by atoms with E-state index in [-0.39, 0.29) is 0 Å². The van der Waals surface area contributed by atoms with E-state index in [0.29, 0.717) is 0 Å². The molecular weight excluding hydrogens is 374 g/mol. The van der Waals surface area contributed by atoms with Crippen LogP contribution in [0.5, 0.6) is 0 Å². The first kappa shape index (κ1) is 15.5. The molecule has 1 aromatic rings. The van der Waals surface area contributed by atoms with E-state index in [9.17, 15) is 0 Å². The van der Waals surface area contributed by atoms with Crippen molar-refractivity contribution in [2.75, 3.05) is 4.23 Å². The smallest absolute Gasteiger partial charge is 0.138 e. The standard InChI is InChI=1S/C12H21Br2NSi2/c1-16(2,3)15(17(4,5)6)10-7-8-11(13)12(14)9-10/h7-9H,1-6H3. The summed E-state index contributed by atoms with van der Waals surface area (Å²) in [4.78, 5) is 0. The molecule has 1 aromatic carbocycles. The van der Waals surface area contributed by atoms with Gasteiger partial charge in [0.05, 0.1) is 0 Å². The van der Waals surface area contributed by atoms with Crippen LogP contribution in [0.15, 0.2) is 27.1 Å². The zero-order chi connectivity index (χ0) is 13.4. The zero-order valence-corrected chi connectivity index (χ0v) is 16.6. The van der Waals surface area contributed by atoms with Gasteiger partial charge in [0.1, 0.15) is 16.5 Å². The van der Waals surface area contributed by atoms with E-state index < -0.39 is 16.5 Å². The van der Waals surface area contributed by atoms with Crippen LogP contribution >= 0.6 is 31.9 Å². The molecule has 0 amide bonds. The summed E-state index contributed by atoms with van der Waals surface area (Å²) in [5, 5.41) is 0. The lowest BCUT2D eigenvalue weighted by molar-refractivity contribution is 1.34. The Hall–Kier alpha value is 0.414. The van der Waals surface area contributed by atoms with Crippen LogP contribution in [0.3, 0.4) is 0 Å².